The minimum Gasteiger partial charge on any atom is -0.507 e. The molecule has 0 heterocycles. The lowest BCUT2D eigenvalue weighted by molar-refractivity contribution is 0.419. The molecule has 0 radical (unpaired) electrons. The summed E-state index contributed by atoms with van der Waals surface area (Å²) in [6.45, 7) is 19.9. The van der Waals surface area contributed by atoms with E-state index in [0.717, 1.165) is 24.0 Å². The monoisotopic (exact) mass is 290 g/mol. The highest BCUT2D eigenvalue weighted by molar-refractivity contribution is 5.56. The van der Waals surface area contributed by atoms with Gasteiger partial charge in [-0.1, -0.05) is 68.4 Å². The van der Waals surface area contributed by atoms with Crippen LogP contribution in [0.2, 0.25) is 0 Å². The second-order valence-electron chi connectivity index (χ2n) is 8.38. The number of aromatic hydroxyl groups is 1. The van der Waals surface area contributed by atoms with Gasteiger partial charge in [0.25, 0.3) is 0 Å². The van der Waals surface area contributed by atoms with Crippen molar-refractivity contribution >= 4 is 0 Å². The smallest absolute Gasteiger partial charge is 0.123 e. The zero-order valence-electron chi connectivity index (χ0n) is 15.5. The van der Waals surface area contributed by atoms with E-state index in [2.05, 4.69) is 68.4 Å². The highest BCUT2D eigenvalue weighted by atomic mass is 16.3. The summed E-state index contributed by atoms with van der Waals surface area (Å²) in [4.78, 5) is 0. The van der Waals surface area contributed by atoms with Crippen molar-refractivity contribution in [2.75, 3.05) is 0 Å². The normalized spacial score (nSPS) is 14.3. The lowest BCUT2D eigenvalue weighted by atomic mass is 9.73. The lowest BCUT2D eigenvalue weighted by Crippen LogP contribution is -2.21. The summed E-state index contributed by atoms with van der Waals surface area (Å²) in [6.07, 6.45) is 2.11. The van der Waals surface area contributed by atoms with Gasteiger partial charge in [0.05, 0.1) is 0 Å². The number of phenolic OH excluding ortho intramolecular Hbond substituents is 1. The Morgan fingerprint density at radius 1 is 1.00 bits per heavy atom. The first-order chi connectivity index (χ1) is 9.45. The van der Waals surface area contributed by atoms with E-state index in [1.807, 2.05) is 0 Å². The molecule has 0 aliphatic rings. The van der Waals surface area contributed by atoms with E-state index in [4.69, 9.17) is 0 Å². The third kappa shape index (κ3) is 3.62. The Balaban J connectivity index is 3.83. The summed E-state index contributed by atoms with van der Waals surface area (Å²) in [5, 5.41) is 11.0. The third-order valence-corrected chi connectivity index (χ3v) is 4.50. The van der Waals surface area contributed by atoms with Gasteiger partial charge in [-0.15, -0.1) is 0 Å². The van der Waals surface area contributed by atoms with Crippen LogP contribution in [0, 0.1) is 0 Å². The molecule has 0 spiro atoms. The quantitative estimate of drug-likeness (QED) is 0.717. The van der Waals surface area contributed by atoms with Gasteiger partial charge in [-0.2, -0.15) is 0 Å². The van der Waals surface area contributed by atoms with Crippen LogP contribution in [0.5, 0.6) is 5.75 Å². The van der Waals surface area contributed by atoms with E-state index >= 15 is 0 Å². The summed E-state index contributed by atoms with van der Waals surface area (Å²) >= 11 is 0. The van der Waals surface area contributed by atoms with Crippen molar-refractivity contribution in [1.82, 2.24) is 0 Å². The Morgan fingerprint density at radius 2 is 1.52 bits per heavy atom. The van der Waals surface area contributed by atoms with Crippen molar-refractivity contribution in [2.45, 2.75) is 91.9 Å². The molecule has 0 saturated carbocycles. The van der Waals surface area contributed by atoms with Crippen molar-refractivity contribution in [3.8, 4) is 5.75 Å². The molecule has 0 aromatic heterocycles. The molecule has 1 aromatic carbocycles. The first kappa shape index (κ1) is 18.1. The van der Waals surface area contributed by atoms with Crippen LogP contribution in [0.4, 0.5) is 0 Å². The highest BCUT2D eigenvalue weighted by Crippen LogP contribution is 2.44. The van der Waals surface area contributed by atoms with Crippen LogP contribution < -0.4 is 0 Å². The first-order valence-electron chi connectivity index (χ1n) is 8.34. The van der Waals surface area contributed by atoms with Crippen molar-refractivity contribution < 1.29 is 5.11 Å². The van der Waals surface area contributed by atoms with Gasteiger partial charge in [0.2, 0.25) is 0 Å². The molecule has 0 amide bonds. The number of phenols is 1. The van der Waals surface area contributed by atoms with Crippen molar-refractivity contribution in [3.05, 3.63) is 28.3 Å². The Hall–Kier alpha value is -0.980. The Kier molecular flexibility index (Phi) is 5.18. The Bertz CT molecular complexity index is 498. The molecule has 1 unspecified atom stereocenters. The topological polar surface area (TPSA) is 20.2 Å². The zero-order chi connectivity index (χ0) is 16.6. The number of hydrogen-bond acceptors (Lipinski definition) is 1. The van der Waals surface area contributed by atoms with E-state index in [1.165, 1.54) is 11.1 Å². The molecule has 0 aliphatic heterocycles. The molecule has 1 aromatic rings. The number of hydrogen-bond donors (Lipinski definition) is 1. The molecule has 1 rings (SSSR count). The maximum atomic E-state index is 11.0. The van der Waals surface area contributed by atoms with Crippen molar-refractivity contribution in [1.29, 1.82) is 0 Å². The van der Waals surface area contributed by atoms with Crippen LogP contribution in [0.25, 0.3) is 0 Å². The van der Waals surface area contributed by atoms with Crippen LogP contribution in [0.15, 0.2) is 6.07 Å². The van der Waals surface area contributed by atoms with Gasteiger partial charge in [-0.3, -0.25) is 0 Å². The van der Waals surface area contributed by atoms with Crippen LogP contribution in [-0.2, 0) is 17.3 Å². The van der Waals surface area contributed by atoms with Gasteiger partial charge < -0.3 is 5.11 Å². The fourth-order valence-corrected chi connectivity index (χ4v) is 3.15. The van der Waals surface area contributed by atoms with Crippen molar-refractivity contribution in [3.63, 3.8) is 0 Å². The second kappa shape index (κ2) is 6.02. The van der Waals surface area contributed by atoms with E-state index < -0.39 is 0 Å². The Labute approximate surface area is 131 Å². The van der Waals surface area contributed by atoms with Gasteiger partial charge >= 0.3 is 0 Å². The third-order valence-electron chi connectivity index (χ3n) is 4.50. The average molecular weight is 290 g/mol. The molecule has 0 aliphatic carbocycles. The van der Waals surface area contributed by atoms with Gasteiger partial charge in [0.15, 0.2) is 0 Å². The van der Waals surface area contributed by atoms with Crippen LogP contribution in [0.3, 0.4) is 0 Å². The summed E-state index contributed by atoms with van der Waals surface area (Å²) in [7, 11) is 0. The van der Waals surface area contributed by atoms with E-state index in [-0.39, 0.29) is 10.8 Å². The molecule has 0 bridgehead atoms. The molecule has 21 heavy (non-hydrogen) atoms. The summed E-state index contributed by atoms with van der Waals surface area (Å²) in [6, 6.07) is 2.26. The number of benzene rings is 1. The van der Waals surface area contributed by atoms with Crippen LogP contribution >= 0.6 is 0 Å². The second-order valence-corrected chi connectivity index (χ2v) is 8.38. The molecule has 0 saturated heterocycles. The van der Waals surface area contributed by atoms with E-state index in [0.29, 0.717) is 11.7 Å². The number of rotatable bonds is 3. The molecule has 1 heteroatoms. The zero-order valence-corrected chi connectivity index (χ0v) is 15.5. The largest absolute Gasteiger partial charge is 0.507 e. The van der Waals surface area contributed by atoms with Gasteiger partial charge in [0, 0.05) is 5.56 Å². The lowest BCUT2D eigenvalue weighted by Gasteiger charge is -2.32. The highest BCUT2D eigenvalue weighted by Gasteiger charge is 2.30. The van der Waals surface area contributed by atoms with Crippen LogP contribution in [-0.4, -0.2) is 5.11 Å². The molecule has 120 valence electrons. The molecule has 1 nitrogen and oxygen atoms in total. The molecule has 0 fully saturated rings. The summed E-state index contributed by atoms with van der Waals surface area (Å²) in [5.74, 6) is 1.04. The van der Waals surface area contributed by atoms with Gasteiger partial charge in [-0.25, -0.2) is 0 Å². The van der Waals surface area contributed by atoms with Gasteiger partial charge in [-0.05, 0) is 46.3 Å². The summed E-state index contributed by atoms with van der Waals surface area (Å²) < 4.78 is 0. The minimum atomic E-state index is -0.0431. The van der Waals surface area contributed by atoms with E-state index in [9.17, 15) is 5.11 Å². The maximum absolute atomic E-state index is 11.0. The van der Waals surface area contributed by atoms with Crippen LogP contribution in [0.1, 0.15) is 96.9 Å². The molecule has 1 atom stereocenters. The van der Waals surface area contributed by atoms with Crippen molar-refractivity contribution in [2.24, 2.45) is 0 Å². The Morgan fingerprint density at radius 3 is 1.86 bits per heavy atom. The minimum absolute atomic E-state index is 0.0428. The van der Waals surface area contributed by atoms with Gasteiger partial charge in [0.1, 0.15) is 5.75 Å². The predicted octanol–water partition coefficient (Wildman–Crippen LogP) is 6.06. The standard InChI is InChI=1S/C20H34O/c1-10-13(3)15-12-16(19(4,5)6)18(21)17(14(15)11-2)20(7,8)9/h12-13,21H,10-11H2,1-9H3. The predicted molar refractivity (Wildman–Crippen MR) is 93.6 cm³/mol. The van der Waals surface area contributed by atoms with E-state index in [1.54, 1.807) is 0 Å². The fourth-order valence-electron chi connectivity index (χ4n) is 3.15. The first-order valence-corrected chi connectivity index (χ1v) is 8.34. The SMILES string of the molecule is CCc1c(C(C)CC)cc(C(C)(C)C)c(O)c1C(C)(C)C. The average Bonchev–Trinajstić information content (AvgIpc) is 2.33. The molecular formula is C20H34O. The maximum Gasteiger partial charge on any atom is 0.123 e. The summed E-state index contributed by atoms with van der Waals surface area (Å²) in [5.41, 5.74) is 4.92. The molecule has 1 N–H and O–H groups in total. The molecular weight excluding hydrogens is 256 g/mol. The fraction of sp³-hybridized carbons (Fsp3) is 0.700.